The fourth-order valence-corrected chi connectivity index (χ4v) is 6.46. The topological polar surface area (TPSA) is 149 Å². The van der Waals surface area contributed by atoms with Crippen LogP contribution >= 0.6 is 34.8 Å². The summed E-state index contributed by atoms with van der Waals surface area (Å²) in [5.41, 5.74) is 0.166. The molecular weight excluding hydrogens is 616 g/mol. The number of aromatic carboxylic acids is 1. The van der Waals surface area contributed by atoms with E-state index in [2.05, 4.69) is 10.1 Å². The second-order valence-corrected chi connectivity index (χ2v) is 12.1. The van der Waals surface area contributed by atoms with E-state index >= 15 is 0 Å². The zero-order valence-electron chi connectivity index (χ0n) is 21.8. The van der Waals surface area contributed by atoms with Crippen molar-refractivity contribution in [1.82, 2.24) is 10.1 Å². The zero-order chi connectivity index (χ0) is 29.9. The normalized spacial score (nSPS) is 25.5. The maximum Gasteiger partial charge on any atom is 0.337 e. The van der Waals surface area contributed by atoms with Gasteiger partial charge in [-0.2, -0.15) is 0 Å². The van der Waals surface area contributed by atoms with Gasteiger partial charge in [0.25, 0.3) is 0 Å². The number of carboxylic acids is 1. The SMILES string of the molecule is O=C(O)c1cnc(N2CC(O)(C3=CC=C(OCc4c(C5=C(Cl)C(O)C(O)C=C5Cl)noc4C4CC4)CC3Cl)C2)c(F)c1. The third kappa shape index (κ3) is 5.23. The van der Waals surface area contributed by atoms with Gasteiger partial charge in [0.1, 0.15) is 35.9 Å². The highest BCUT2D eigenvalue weighted by Crippen LogP contribution is 2.47. The summed E-state index contributed by atoms with van der Waals surface area (Å²) in [6, 6.07) is 0.892. The molecule has 0 radical (unpaired) electrons. The van der Waals surface area contributed by atoms with E-state index in [1.54, 1.807) is 12.2 Å². The molecule has 3 atom stereocenters. The molecule has 2 aromatic heterocycles. The number of aliphatic hydroxyl groups excluding tert-OH is 2. The molecule has 2 aromatic rings. The van der Waals surface area contributed by atoms with Gasteiger partial charge < -0.3 is 34.6 Å². The van der Waals surface area contributed by atoms with Crippen LogP contribution in [0.25, 0.3) is 5.57 Å². The lowest BCUT2D eigenvalue weighted by atomic mass is 9.81. The molecule has 42 heavy (non-hydrogen) atoms. The number of rotatable bonds is 8. The largest absolute Gasteiger partial charge is 0.493 e. The van der Waals surface area contributed by atoms with Gasteiger partial charge in [-0.3, -0.25) is 0 Å². The lowest BCUT2D eigenvalue weighted by molar-refractivity contribution is 0.0435. The molecule has 2 fully saturated rings. The van der Waals surface area contributed by atoms with Crippen molar-refractivity contribution in [3.8, 4) is 0 Å². The molecule has 3 unspecified atom stereocenters. The standard InChI is InChI=1S/C28H25Cl3FN3O7/c29-17-6-14(3-4-16(17)28(40)10-35(11-28)26-19(32)5-13(8-33-26)27(38)39)41-9-15-23(34-42-25(15)12-1-2-12)21-18(30)7-20(36)24(37)22(21)31/h3-5,7-8,12,17,20,24,36-37,40H,1-2,6,9-11H2,(H,38,39). The molecule has 1 saturated carbocycles. The molecule has 4 N–H and O–H groups in total. The highest BCUT2D eigenvalue weighted by atomic mass is 35.5. The molecule has 3 aliphatic carbocycles. The zero-order valence-corrected chi connectivity index (χ0v) is 24.1. The van der Waals surface area contributed by atoms with Crippen molar-refractivity contribution in [1.29, 1.82) is 0 Å². The van der Waals surface area contributed by atoms with Gasteiger partial charge >= 0.3 is 5.97 Å². The summed E-state index contributed by atoms with van der Waals surface area (Å²) in [5.74, 6) is -0.761. The number of ether oxygens (including phenoxy) is 1. The number of carboxylic acid groups (broad SMARTS) is 1. The fraction of sp³-hybridized carbons (Fsp3) is 0.393. The van der Waals surface area contributed by atoms with Crippen LogP contribution in [-0.4, -0.2) is 72.8 Å². The van der Waals surface area contributed by atoms with E-state index in [0.717, 1.165) is 25.1 Å². The molecule has 0 amide bonds. The fourth-order valence-electron chi connectivity index (χ4n) is 5.34. The minimum absolute atomic E-state index is 0.0297. The summed E-state index contributed by atoms with van der Waals surface area (Å²) in [6.07, 6.45) is 5.27. The maximum absolute atomic E-state index is 14.4. The highest BCUT2D eigenvalue weighted by molar-refractivity contribution is 6.42. The number of hydrogen-bond acceptors (Lipinski definition) is 9. The number of alkyl halides is 1. The van der Waals surface area contributed by atoms with Crippen LogP contribution in [0.5, 0.6) is 0 Å². The van der Waals surface area contributed by atoms with E-state index in [9.17, 15) is 24.5 Å². The molecule has 10 nitrogen and oxygen atoms in total. The summed E-state index contributed by atoms with van der Waals surface area (Å²) in [7, 11) is 0. The number of carbonyl (C=O) groups is 1. The minimum atomic E-state index is -1.36. The molecule has 0 aromatic carbocycles. The van der Waals surface area contributed by atoms with E-state index in [1.165, 1.54) is 11.0 Å². The van der Waals surface area contributed by atoms with Crippen LogP contribution in [0.4, 0.5) is 10.2 Å². The minimum Gasteiger partial charge on any atom is -0.493 e. The van der Waals surface area contributed by atoms with Gasteiger partial charge in [-0.1, -0.05) is 34.4 Å². The number of hydrogen-bond donors (Lipinski definition) is 4. The monoisotopic (exact) mass is 639 g/mol. The Balaban J connectivity index is 1.18. The number of aliphatic hydroxyl groups is 3. The molecule has 1 aliphatic heterocycles. The molecule has 4 aliphatic rings. The van der Waals surface area contributed by atoms with Crippen molar-refractivity contribution in [2.45, 2.75) is 55.0 Å². The molecular formula is C28H25Cl3FN3O7. The summed E-state index contributed by atoms with van der Waals surface area (Å²) >= 11 is 19.4. The molecule has 6 rings (SSSR count). The Labute approximate surface area is 253 Å². The van der Waals surface area contributed by atoms with Crippen LogP contribution in [0.15, 0.2) is 56.4 Å². The predicted octanol–water partition coefficient (Wildman–Crippen LogP) is 4.18. The average Bonchev–Trinajstić information content (AvgIpc) is 3.69. The number of allylic oxidation sites excluding steroid dienone is 5. The molecule has 14 heteroatoms. The Kier molecular flexibility index (Phi) is 7.61. The number of pyridine rings is 1. The number of anilines is 1. The van der Waals surface area contributed by atoms with Gasteiger partial charge in [0.05, 0.1) is 45.4 Å². The van der Waals surface area contributed by atoms with Crippen molar-refractivity contribution in [3.05, 3.63) is 80.3 Å². The van der Waals surface area contributed by atoms with Crippen LogP contribution < -0.4 is 4.90 Å². The summed E-state index contributed by atoms with van der Waals surface area (Å²) in [5, 5.41) is 44.2. The summed E-state index contributed by atoms with van der Waals surface area (Å²) in [4.78, 5) is 16.5. The van der Waals surface area contributed by atoms with E-state index in [4.69, 9.17) is 49.2 Å². The van der Waals surface area contributed by atoms with Crippen molar-refractivity contribution in [2.24, 2.45) is 0 Å². The van der Waals surface area contributed by atoms with Crippen LogP contribution in [0.1, 0.15) is 52.6 Å². The first-order valence-electron chi connectivity index (χ1n) is 13.1. The van der Waals surface area contributed by atoms with Gasteiger partial charge in [-0.15, -0.1) is 11.6 Å². The Morgan fingerprint density at radius 1 is 1.24 bits per heavy atom. The van der Waals surface area contributed by atoms with Crippen molar-refractivity contribution in [3.63, 3.8) is 0 Å². The molecule has 1 saturated heterocycles. The maximum atomic E-state index is 14.4. The van der Waals surface area contributed by atoms with Crippen molar-refractivity contribution < 1.29 is 38.9 Å². The van der Waals surface area contributed by atoms with Crippen LogP contribution in [0.3, 0.4) is 0 Å². The quantitative estimate of drug-likeness (QED) is 0.310. The molecule has 3 heterocycles. The third-order valence-corrected chi connectivity index (χ3v) is 8.88. The smallest absolute Gasteiger partial charge is 0.337 e. The number of halogens is 4. The Morgan fingerprint density at radius 2 is 1.98 bits per heavy atom. The van der Waals surface area contributed by atoms with E-state index in [1.807, 2.05) is 0 Å². The summed E-state index contributed by atoms with van der Waals surface area (Å²) < 4.78 is 26.2. The number of nitrogens with zero attached hydrogens (tertiary/aromatic N) is 3. The number of aromatic nitrogens is 2. The second kappa shape index (κ2) is 11.0. The Hall–Kier alpha value is -2.93. The van der Waals surface area contributed by atoms with Crippen LogP contribution in [0, 0.1) is 5.82 Å². The first-order valence-corrected chi connectivity index (χ1v) is 14.3. The highest BCUT2D eigenvalue weighted by Gasteiger charge is 2.48. The van der Waals surface area contributed by atoms with Crippen LogP contribution in [0.2, 0.25) is 0 Å². The summed E-state index contributed by atoms with van der Waals surface area (Å²) in [6.45, 7) is 0.110. The Bertz CT molecular complexity index is 1580. The van der Waals surface area contributed by atoms with Crippen LogP contribution in [-0.2, 0) is 11.3 Å². The molecule has 0 bridgehead atoms. The lowest BCUT2D eigenvalue weighted by Crippen LogP contribution is -2.64. The third-order valence-electron chi connectivity index (χ3n) is 7.76. The van der Waals surface area contributed by atoms with Gasteiger partial charge in [0.15, 0.2) is 11.6 Å². The molecule has 222 valence electrons. The van der Waals surface area contributed by atoms with E-state index in [-0.39, 0.29) is 59.1 Å². The van der Waals surface area contributed by atoms with Gasteiger partial charge in [-0.25, -0.2) is 14.2 Å². The van der Waals surface area contributed by atoms with Crippen molar-refractivity contribution >= 4 is 52.2 Å². The average molecular weight is 641 g/mol. The van der Waals surface area contributed by atoms with Crippen molar-refractivity contribution in [2.75, 3.05) is 18.0 Å². The second-order valence-electron chi connectivity index (χ2n) is 10.8. The van der Waals surface area contributed by atoms with Gasteiger partial charge in [0.2, 0.25) is 0 Å². The lowest BCUT2D eigenvalue weighted by Gasteiger charge is -2.49. The van der Waals surface area contributed by atoms with Gasteiger partial charge in [-0.05, 0) is 36.6 Å². The van der Waals surface area contributed by atoms with Gasteiger partial charge in [0, 0.05) is 24.1 Å². The number of β-amino-alcohol motifs (C(OH)–C–C–N with tert-alkyl or cyclic N) is 1. The Morgan fingerprint density at radius 3 is 2.62 bits per heavy atom. The predicted molar refractivity (Wildman–Crippen MR) is 151 cm³/mol. The van der Waals surface area contributed by atoms with E-state index in [0.29, 0.717) is 28.3 Å². The molecule has 0 spiro atoms. The first-order chi connectivity index (χ1) is 20.0. The first kappa shape index (κ1) is 29.2. The van der Waals surface area contributed by atoms with E-state index < -0.39 is 35.0 Å².